The molecule has 0 fully saturated rings. The Morgan fingerprint density at radius 3 is 2.30 bits per heavy atom. The van der Waals surface area contributed by atoms with E-state index in [9.17, 15) is 0 Å². The van der Waals surface area contributed by atoms with Crippen molar-refractivity contribution < 1.29 is 9.47 Å². The molecule has 0 saturated heterocycles. The van der Waals surface area contributed by atoms with Gasteiger partial charge in [-0.3, -0.25) is 0 Å². The Balaban J connectivity index is 2.13. The van der Waals surface area contributed by atoms with E-state index in [1.165, 1.54) is 0 Å². The van der Waals surface area contributed by atoms with Crippen LogP contribution in [0.15, 0.2) is 46.9 Å². The van der Waals surface area contributed by atoms with Gasteiger partial charge in [0.1, 0.15) is 17.2 Å². The molecule has 0 aromatic heterocycles. The van der Waals surface area contributed by atoms with Gasteiger partial charge >= 0.3 is 0 Å². The van der Waals surface area contributed by atoms with Gasteiger partial charge in [-0.1, -0.05) is 6.07 Å². The zero-order chi connectivity index (χ0) is 14.5. The second-order valence-electron chi connectivity index (χ2n) is 4.49. The van der Waals surface area contributed by atoms with Crippen LogP contribution in [0.3, 0.4) is 0 Å². The fourth-order valence-electron chi connectivity index (χ4n) is 1.78. The SMILES string of the molecule is CCOc1ccc(Oc2ccc([C@@H](C)N)cc2Br)cc1. The van der Waals surface area contributed by atoms with E-state index in [1.807, 2.05) is 56.3 Å². The summed E-state index contributed by atoms with van der Waals surface area (Å²) in [4.78, 5) is 0. The van der Waals surface area contributed by atoms with Crippen LogP contribution in [0.25, 0.3) is 0 Å². The fraction of sp³-hybridized carbons (Fsp3) is 0.250. The van der Waals surface area contributed by atoms with Gasteiger partial charge in [0.05, 0.1) is 11.1 Å². The van der Waals surface area contributed by atoms with Gasteiger partial charge in [0.25, 0.3) is 0 Å². The van der Waals surface area contributed by atoms with E-state index in [2.05, 4.69) is 15.9 Å². The minimum absolute atomic E-state index is 0.00539. The van der Waals surface area contributed by atoms with Crippen LogP contribution in [-0.2, 0) is 0 Å². The van der Waals surface area contributed by atoms with Crippen LogP contribution in [-0.4, -0.2) is 6.61 Å². The molecule has 0 amide bonds. The monoisotopic (exact) mass is 335 g/mol. The van der Waals surface area contributed by atoms with Gasteiger partial charge in [-0.25, -0.2) is 0 Å². The first-order valence-electron chi connectivity index (χ1n) is 6.56. The van der Waals surface area contributed by atoms with Gasteiger partial charge in [-0.2, -0.15) is 0 Å². The van der Waals surface area contributed by atoms with E-state index in [-0.39, 0.29) is 6.04 Å². The quantitative estimate of drug-likeness (QED) is 0.864. The summed E-state index contributed by atoms with van der Waals surface area (Å²) in [6.45, 7) is 4.57. The van der Waals surface area contributed by atoms with Crippen molar-refractivity contribution in [2.24, 2.45) is 5.73 Å². The summed E-state index contributed by atoms with van der Waals surface area (Å²) >= 11 is 3.51. The van der Waals surface area contributed by atoms with Gasteiger partial charge in [0.15, 0.2) is 0 Å². The molecule has 2 aromatic rings. The summed E-state index contributed by atoms with van der Waals surface area (Å²) < 4.78 is 12.1. The van der Waals surface area contributed by atoms with Gasteiger partial charge in [0.2, 0.25) is 0 Å². The van der Waals surface area contributed by atoms with E-state index in [4.69, 9.17) is 15.2 Å². The van der Waals surface area contributed by atoms with E-state index >= 15 is 0 Å². The van der Waals surface area contributed by atoms with Crippen molar-refractivity contribution in [3.63, 3.8) is 0 Å². The highest BCUT2D eigenvalue weighted by molar-refractivity contribution is 9.10. The number of ether oxygens (including phenoxy) is 2. The highest BCUT2D eigenvalue weighted by atomic mass is 79.9. The minimum Gasteiger partial charge on any atom is -0.494 e. The predicted octanol–water partition coefficient (Wildman–Crippen LogP) is 4.66. The molecule has 4 heteroatoms. The van der Waals surface area contributed by atoms with Crippen molar-refractivity contribution in [2.75, 3.05) is 6.61 Å². The molecule has 0 unspecified atom stereocenters. The summed E-state index contributed by atoms with van der Waals surface area (Å²) in [5.41, 5.74) is 6.92. The van der Waals surface area contributed by atoms with Crippen LogP contribution in [0, 0.1) is 0 Å². The third-order valence-electron chi connectivity index (χ3n) is 2.84. The summed E-state index contributed by atoms with van der Waals surface area (Å²) in [6, 6.07) is 13.4. The van der Waals surface area contributed by atoms with E-state index in [0.717, 1.165) is 27.3 Å². The highest BCUT2D eigenvalue weighted by Gasteiger charge is 2.06. The summed E-state index contributed by atoms with van der Waals surface area (Å²) in [5.74, 6) is 2.37. The molecule has 2 N–H and O–H groups in total. The molecule has 106 valence electrons. The maximum atomic E-state index is 5.85. The number of hydrogen-bond donors (Lipinski definition) is 1. The molecule has 0 bridgehead atoms. The Bertz CT molecular complexity index is 567. The highest BCUT2D eigenvalue weighted by Crippen LogP contribution is 2.32. The zero-order valence-electron chi connectivity index (χ0n) is 11.6. The first-order chi connectivity index (χ1) is 9.60. The molecule has 0 saturated carbocycles. The predicted molar refractivity (Wildman–Crippen MR) is 84.4 cm³/mol. The summed E-state index contributed by atoms with van der Waals surface area (Å²) in [7, 11) is 0. The lowest BCUT2D eigenvalue weighted by Crippen LogP contribution is -2.04. The van der Waals surface area contributed by atoms with Crippen LogP contribution in [0.4, 0.5) is 0 Å². The fourth-order valence-corrected chi connectivity index (χ4v) is 2.26. The topological polar surface area (TPSA) is 44.5 Å². The molecular formula is C16H18BrNO2. The first kappa shape index (κ1) is 14.9. The molecular weight excluding hydrogens is 318 g/mol. The van der Waals surface area contributed by atoms with Crippen molar-refractivity contribution in [3.8, 4) is 17.2 Å². The van der Waals surface area contributed by atoms with Crippen molar-refractivity contribution in [1.82, 2.24) is 0 Å². The van der Waals surface area contributed by atoms with E-state index in [0.29, 0.717) is 6.61 Å². The Labute approximate surface area is 127 Å². The Kier molecular flexibility index (Phi) is 5.04. The molecule has 3 nitrogen and oxygen atoms in total. The number of rotatable bonds is 5. The molecule has 1 atom stereocenters. The lowest BCUT2D eigenvalue weighted by atomic mass is 10.1. The maximum Gasteiger partial charge on any atom is 0.141 e. The Hall–Kier alpha value is -1.52. The van der Waals surface area contributed by atoms with Crippen LogP contribution >= 0.6 is 15.9 Å². The molecule has 2 rings (SSSR count). The number of nitrogens with two attached hydrogens (primary N) is 1. The molecule has 2 aromatic carbocycles. The molecule has 0 aliphatic carbocycles. The van der Waals surface area contributed by atoms with Gasteiger partial charge in [-0.05, 0) is 71.7 Å². The van der Waals surface area contributed by atoms with E-state index in [1.54, 1.807) is 0 Å². The van der Waals surface area contributed by atoms with Crippen LogP contribution < -0.4 is 15.2 Å². The standard InChI is InChI=1S/C16H18BrNO2/c1-3-19-13-5-7-14(8-6-13)20-16-9-4-12(11(2)18)10-15(16)17/h4-11H,3,18H2,1-2H3/t11-/m1/s1. The minimum atomic E-state index is 0.00539. The smallest absolute Gasteiger partial charge is 0.141 e. The van der Waals surface area contributed by atoms with Gasteiger partial charge < -0.3 is 15.2 Å². The van der Waals surface area contributed by atoms with Crippen molar-refractivity contribution in [3.05, 3.63) is 52.5 Å². The van der Waals surface area contributed by atoms with Crippen LogP contribution in [0.2, 0.25) is 0 Å². The van der Waals surface area contributed by atoms with Gasteiger partial charge in [0, 0.05) is 6.04 Å². The van der Waals surface area contributed by atoms with Crippen molar-refractivity contribution >= 4 is 15.9 Å². The summed E-state index contributed by atoms with van der Waals surface area (Å²) in [5, 5.41) is 0. The average Bonchev–Trinajstić information content (AvgIpc) is 2.43. The number of halogens is 1. The third kappa shape index (κ3) is 3.74. The molecule has 0 heterocycles. The van der Waals surface area contributed by atoms with Crippen LogP contribution in [0.5, 0.6) is 17.2 Å². The Morgan fingerprint density at radius 1 is 1.10 bits per heavy atom. The average molecular weight is 336 g/mol. The van der Waals surface area contributed by atoms with Gasteiger partial charge in [-0.15, -0.1) is 0 Å². The molecule has 0 spiro atoms. The van der Waals surface area contributed by atoms with Crippen LogP contribution in [0.1, 0.15) is 25.5 Å². The first-order valence-corrected chi connectivity index (χ1v) is 7.35. The second-order valence-corrected chi connectivity index (χ2v) is 5.34. The largest absolute Gasteiger partial charge is 0.494 e. The van der Waals surface area contributed by atoms with Crippen molar-refractivity contribution in [2.45, 2.75) is 19.9 Å². The van der Waals surface area contributed by atoms with E-state index < -0.39 is 0 Å². The molecule has 0 aliphatic rings. The second kappa shape index (κ2) is 6.77. The number of hydrogen-bond acceptors (Lipinski definition) is 3. The number of benzene rings is 2. The molecule has 20 heavy (non-hydrogen) atoms. The maximum absolute atomic E-state index is 5.85. The molecule has 0 aliphatic heterocycles. The lowest BCUT2D eigenvalue weighted by molar-refractivity contribution is 0.339. The van der Waals surface area contributed by atoms with Crippen molar-refractivity contribution in [1.29, 1.82) is 0 Å². The normalized spacial score (nSPS) is 12.0. The lowest BCUT2D eigenvalue weighted by Gasteiger charge is -2.11. The Morgan fingerprint density at radius 2 is 1.75 bits per heavy atom. The summed E-state index contributed by atoms with van der Waals surface area (Å²) in [6.07, 6.45) is 0. The molecule has 0 radical (unpaired) electrons. The zero-order valence-corrected chi connectivity index (χ0v) is 13.2. The third-order valence-corrected chi connectivity index (χ3v) is 3.46.